The maximum Gasteiger partial charge on any atom is 0.255 e. The molecule has 3 unspecified atom stereocenters. The molecule has 2 aromatic rings. The highest BCUT2D eigenvalue weighted by atomic mass is 16.5. The summed E-state index contributed by atoms with van der Waals surface area (Å²) in [5.74, 6) is -1.52. The molecule has 0 bridgehead atoms. The Morgan fingerprint density at radius 2 is 1.69 bits per heavy atom. The Morgan fingerprint density at radius 3 is 2.38 bits per heavy atom. The summed E-state index contributed by atoms with van der Waals surface area (Å²) in [6, 6.07) is 10.8. The second-order valence-corrected chi connectivity index (χ2v) is 10.1. The average Bonchev–Trinajstić information content (AvgIpc) is 3.22. The highest BCUT2D eigenvalue weighted by Gasteiger charge is 2.46. The molecule has 0 saturated carbocycles. The summed E-state index contributed by atoms with van der Waals surface area (Å²) < 4.78 is 11.4. The van der Waals surface area contributed by atoms with Gasteiger partial charge in [-0.05, 0) is 46.4 Å². The fraction of sp³-hybridized carbons (Fsp3) is 0.400. The monoisotopic (exact) mass is 509 g/mol. The lowest BCUT2D eigenvalue weighted by molar-refractivity contribution is -0.136. The van der Waals surface area contributed by atoms with E-state index in [4.69, 9.17) is 56.6 Å². The van der Waals surface area contributed by atoms with Crippen LogP contribution in [-0.4, -0.2) is 103 Å². The molecule has 3 atom stereocenters. The van der Waals surface area contributed by atoms with Gasteiger partial charge in [-0.25, -0.2) is 0 Å². The third-order valence-corrected chi connectivity index (χ3v) is 7.39. The zero-order chi connectivity index (χ0) is 28.1. The zero-order valence-electron chi connectivity index (χ0n) is 21.2. The van der Waals surface area contributed by atoms with E-state index in [9.17, 15) is 14.4 Å². The van der Waals surface area contributed by atoms with Crippen molar-refractivity contribution >= 4 is 64.8 Å². The number of nitrogens with one attached hydrogen (secondary N) is 1. The molecule has 0 spiro atoms. The van der Waals surface area contributed by atoms with Crippen LogP contribution < -0.4 is 10.1 Å². The second kappa shape index (κ2) is 10.3. The summed E-state index contributed by atoms with van der Waals surface area (Å²) in [5.41, 5.74) is 2.88. The van der Waals surface area contributed by atoms with Gasteiger partial charge in [-0.1, -0.05) is 30.3 Å². The van der Waals surface area contributed by atoms with Gasteiger partial charge in [0.2, 0.25) is 11.8 Å². The first kappa shape index (κ1) is 27.7. The summed E-state index contributed by atoms with van der Waals surface area (Å²) in [6.07, 6.45) is 0.484. The fourth-order valence-corrected chi connectivity index (χ4v) is 5.06. The summed E-state index contributed by atoms with van der Waals surface area (Å²) in [4.78, 5) is 39.9. The summed E-state index contributed by atoms with van der Waals surface area (Å²) >= 11 is 0. The summed E-state index contributed by atoms with van der Waals surface area (Å²) in [5, 5.41) is -1.03. The van der Waals surface area contributed by atoms with Gasteiger partial charge in [0.25, 0.3) is 5.91 Å². The molecule has 0 aromatic heterocycles. The van der Waals surface area contributed by atoms with Crippen LogP contribution in [0.5, 0.6) is 5.75 Å². The number of carbonyl (C=O) groups excluding carboxylic acids is 3. The zero-order valence-corrected chi connectivity index (χ0v) is 21.2. The lowest BCUT2D eigenvalue weighted by Crippen LogP contribution is -2.74. The van der Waals surface area contributed by atoms with Gasteiger partial charge < -0.3 is 19.3 Å². The van der Waals surface area contributed by atoms with Crippen molar-refractivity contribution in [3.8, 4) is 5.75 Å². The Labute approximate surface area is 235 Å². The molecule has 5 rings (SSSR count). The van der Waals surface area contributed by atoms with Crippen LogP contribution in [0.3, 0.4) is 0 Å². The van der Waals surface area contributed by atoms with Crippen molar-refractivity contribution < 1.29 is 23.9 Å². The minimum Gasteiger partial charge on any atom is -0.489 e. The van der Waals surface area contributed by atoms with Gasteiger partial charge in [-0.2, -0.15) is 0 Å². The Bertz CT molecular complexity index is 1310. The first-order chi connectivity index (χ1) is 18.4. The maximum absolute atomic E-state index is 13.0. The predicted octanol–water partition coefficient (Wildman–Crippen LogP) is -1.17. The molecule has 8 nitrogen and oxygen atoms in total. The van der Waals surface area contributed by atoms with Gasteiger partial charge in [-0.3, -0.25) is 19.7 Å². The number of ether oxygens (including phenoxy) is 2. The molecule has 3 aliphatic rings. The summed E-state index contributed by atoms with van der Waals surface area (Å²) in [6.45, 7) is 0.673. The van der Waals surface area contributed by atoms with E-state index in [1.165, 1.54) is 9.80 Å². The molecule has 2 fully saturated rings. The molecule has 3 aliphatic heterocycles. The first-order valence-electron chi connectivity index (χ1n) is 12.5. The highest BCUT2D eigenvalue weighted by molar-refractivity contribution is 6.47. The normalized spacial score (nSPS) is 26.2. The lowest BCUT2D eigenvalue weighted by Gasteiger charge is -2.59. The largest absolute Gasteiger partial charge is 0.489 e. The average molecular weight is 508 g/mol. The number of amides is 3. The fourth-order valence-electron chi connectivity index (χ4n) is 5.06. The topological polar surface area (TPSA) is 88.2 Å². The number of carbonyl (C=O) groups is 3. The molecule has 0 aliphatic carbocycles. The van der Waals surface area contributed by atoms with Crippen molar-refractivity contribution in [3.63, 3.8) is 0 Å². The van der Waals surface area contributed by atoms with E-state index in [-0.39, 0.29) is 37.9 Å². The van der Waals surface area contributed by atoms with Crippen LogP contribution in [0.2, 0.25) is 0 Å². The van der Waals surface area contributed by atoms with Crippen molar-refractivity contribution in [2.24, 2.45) is 0 Å². The van der Waals surface area contributed by atoms with Crippen LogP contribution in [0.4, 0.5) is 0 Å². The van der Waals surface area contributed by atoms with Crippen molar-refractivity contribution in [2.45, 2.75) is 61.3 Å². The number of benzene rings is 2. The highest BCUT2D eigenvalue weighted by Crippen LogP contribution is 2.34. The third-order valence-electron chi connectivity index (χ3n) is 7.39. The molecule has 184 valence electrons. The molecule has 2 aromatic carbocycles. The number of imide groups is 1. The van der Waals surface area contributed by atoms with Crippen LogP contribution in [0.25, 0.3) is 0 Å². The minimum atomic E-state index is -1.74. The number of rotatable bonds is 6. The van der Waals surface area contributed by atoms with Crippen molar-refractivity contribution in [3.05, 3.63) is 64.7 Å². The number of piperidine rings is 1. The van der Waals surface area contributed by atoms with E-state index in [0.717, 1.165) is 11.1 Å². The molecular formula is C25H21B6N3O5. The standard InChI is InChI=1S/C25H21B6N3O5/c26-22-25(30,31)39-23(27)24(28,29)34(22)10-13-4-6-14(7-5-13)12-38-18-3-1-2-15-16(18)11-33(21(15)37)17-8-9-19(35)32-20(17)36/h1-7,17,22-23H,8-12H2,(H,32,35,36). The van der Waals surface area contributed by atoms with Gasteiger partial charge in [0.15, 0.2) is 0 Å². The SMILES string of the molecule is [B]C1N(Cc2ccc(COc3cccc4c3CN(C3CCC(=O)NC3=O)C4=O)cc2)C([B])([B])C([B])OC1([B])[B]. The van der Waals surface area contributed by atoms with Gasteiger partial charge in [0, 0.05) is 30.1 Å². The van der Waals surface area contributed by atoms with Crippen LogP contribution in [0.1, 0.15) is 39.9 Å². The molecule has 3 amide bonds. The van der Waals surface area contributed by atoms with Gasteiger partial charge in [-0.15, -0.1) is 0 Å². The number of nitrogens with zero attached hydrogens (tertiary/aromatic N) is 2. The smallest absolute Gasteiger partial charge is 0.255 e. The van der Waals surface area contributed by atoms with Crippen molar-refractivity contribution in [1.82, 2.24) is 15.1 Å². The molecule has 1 N–H and O–H groups in total. The van der Waals surface area contributed by atoms with E-state index in [0.29, 0.717) is 23.3 Å². The van der Waals surface area contributed by atoms with E-state index < -0.39 is 34.6 Å². The second-order valence-electron chi connectivity index (χ2n) is 10.1. The van der Waals surface area contributed by atoms with Crippen molar-refractivity contribution in [2.75, 3.05) is 0 Å². The lowest BCUT2D eigenvalue weighted by atomic mass is 9.45. The Morgan fingerprint density at radius 1 is 1.00 bits per heavy atom. The number of morpholine rings is 1. The van der Waals surface area contributed by atoms with Gasteiger partial charge in [0.05, 0.1) is 30.1 Å². The molecule has 3 heterocycles. The Balaban J connectivity index is 1.25. The Hall–Kier alpha value is -2.84. The molecule has 2 saturated heterocycles. The Kier molecular flexibility index (Phi) is 7.31. The van der Waals surface area contributed by atoms with E-state index >= 15 is 0 Å². The number of hydrogen-bond acceptors (Lipinski definition) is 6. The first-order valence-corrected chi connectivity index (χ1v) is 12.5. The van der Waals surface area contributed by atoms with Gasteiger partial charge in [0.1, 0.15) is 41.9 Å². The minimum absolute atomic E-state index is 0.191. The van der Waals surface area contributed by atoms with Crippen LogP contribution in [0, 0.1) is 0 Å². The van der Waals surface area contributed by atoms with Gasteiger partial charge >= 0.3 is 0 Å². The quantitative estimate of drug-likeness (QED) is 0.391. The molecular weight excluding hydrogens is 487 g/mol. The van der Waals surface area contributed by atoms with Crippen LogP contribution >= 0.6 is 0 Å². The van der Waals surface area contributed by atoms with Crippen LogP contribution in [0.15, 0.2) is 42.5 Å². The number of hydrogen-bond donors (Lipinski definition) is 1. The maximum atomic E-state index is 13.0. The predicted molar refractivity (Wildman–Crippen MR) is 147 cm³/mol. The van der Waals surface area contributed by atoms with E-state index in [1.54, 1.807) is 18.2 Å². The molecule has 39 heavy (non-hydrogen) atoms. The molecule has 12 radical (unpaired) electrons. The van der Waals surface area contributed by atoms with Crippen LogP contribution in [-0.2, 0) is 34.0 Å². The van der Waals surface area contributed by atoms with E-state index in [2.05, 4.69) is 5.32 Å². The number of fused-ring (bicyclic) bond motifs is 1. The third kappa shape index (κ3) is 5.21. The van der Waals surface area contributed by atoms with Crippen molar-refractivity contribution in [1.29, 1.82) is 0 Å². The molecule has 14 heteroatoms. The van der Waals surface area contributed by atoms with E-state index in [1.807, 2.05) is 24.3 Å². The summed E-state index contributed by atoms with van der Waals surface area (Å²) in [7, 11) is 36.3.